The number of fused-ring (bicyclic) bond motifs is 2. The van der Waals surface area contributed by atoms with Crippen LogP contribution in [0.3, 0.4) is 0 Å². The summed E-state index contributed by atoms with van der Waals surface area (Å²) < 4.78 is 34.3. The van der Waals surface area contributed by atoms with Crippen molar-refractivity contribution in [1.82, 2.24) is 29.6 Å². The first kappa shape index (κ1) is 21.9. The minimum absolute atomic E-state index is 0.0992. The van der Waals surface area contributed by atoms with Crippen LogP contribution in [-0.2, 0) is 10.0 Å². The Balaban J connectivity index is 1.37. The van der Waals surface area contributed by atoms with Gasteiger partial charge >= 0.3 is 0 Å². The van der Waals surface area contributed by atoms with Crippen LogP contribution in [0.5, 0.6) is 0 Å². The van der Waals surface area contributed by atoms with Gasteiger partial charge in [0.2, 0.25) is 10.0 Å². The van der Waals surface area contributed by atoms with Crippen molar-refractivity contribution in [1.29, 1.82) is 0 Å². The molecule has 0 atom stereocenters. The Kier molecular flexibility index (Phi) is 5.55. The molecule has 1 fully saturated rings. The molecule has 6 rings (SSSR count). The van der Waals surface area contributed by atoms with Crippen molar-refractivity contribution in [2.75, 3.05) is 31.1 Å². The number of rotatable bonds is 5. The molecule has 3 aromatic heterocycles. The highest BCUT2D eigenvalue weighted by Crippen LogP contribution is 2.40. The number of nitrogens with zero attached hydrogens (tertiary/aromatic N) is 7. The normalized spacial score (nSPS) is 15.1. The van der Waals surface area contributed by atoms with Crippen LogP contribution in [0.2, 0.25) is 0 Å². The smallest absolute Gasteiger partial charge is 0.246 e. The standard InChI is InChI=1S/C23H19N7O3S2/c31-35(32,30-13-11-29(12-14-30)20-15-24-9-10-25-20)23-19(7-6-17-22(23)28-33-27-17)34-18-5-1-3-16-4-2-8-26-21(16)18/h1-10,15H,11-14H2. The first-order valence-electron chi connectivity index (χ1n) is 10.9. The van der Waals surface area contributed by atoms with E-state index in [0.717, 1.165) is 21.6 Å². The van der Waals surface area contributed by atoms with E-state index in [2.05, 4.69) is 25.3 Å². The SMILES string of the molecule is O=S(=O)(c1c(Sc2cccc3cccnc23)ccc2nonc12)N1CCN(c2cnccn2)CC1. The molecule has 0 unspecified atom stereocenters. The summed E-state index contributed by atoms with van der Waals surface area (Å²) in [7, 11) is -3.90. The molecule has 0 saturated carbocycles. The van der Waals surface area contributed by atoms with Gasteiger partial charge < -0.3 is 4.90 Å². The van der Waals surface area contributed by atoms with Crippen LogP contribution in [0.25, 0.3) is 21.9 Å². The maximum Gasteiger partial charge on any atom is 0.246 e. The maximum absolute atomic E-state index is 14.0. The lowest BCUT2D eigenvalue weighted by atomic mass is 10.2. The van der Waals surface area contributed by atoms with Crippen LogP contribution in [0.4, 0.5) is 5.82 Å². The summed E-state index contributed by atoms with van der Waals surface area (Å²) in [5.41, 5.74) is 1.42. The van der Waals surface area contributed by atoms with Crippen LogP contribution in [0.15, 0.2) is 86.6 Å². The molecule has 35 heavy (non-hydrogen) atoms. The van der Waals surface area contributed by atoms with Gasteiger partial charge in [-0.1, -0.05) is 30.0 Å². The minimum atomic E-state index is -3.90. The lowest BCUT2D eigenvalue weighted by Gasteiger charge is -2.34. The van der Waals surface area contributed by atoms with Crippen molar-refractivity contribution in [3.8, 4) is 0 Å². The highest BCUT2D eigenvalue weighted by molar-refractivity contribution is 8.00. The molecule has 10 nitrogen and oxygen atoms in total. The molecule has 0 amide bonds. The van der Waals surface area contributed by atoms with Crippen LogP contribution in [0.1, 0.15) is 0 Å². The highest BCUT2D eigenvalue weighted by Gasteiger charge is 2.34. The third-order valence-electron chi connectivity index (χ3n) is 5.87. The zero-order chi connectivity index (χ0) is 23.8. The fraction of sp³-hybridized carbons (Fsp3) is 0.174. The first-order valence-corrected chi connectivity index (χ1v) is 13.1. The molecule has 0 bridgehead atoms. The van der Waals surface area contributed by atoms with Crippen LogP contribution in [-0.4, -0.2) is 64.2 Å². The molecule has 0 spiro atoms. The number of benzene rings is 2. The summed E-state index contributed by atoms with van der Waals surface area (Å²) in [6.45, 7) is 1.61. The van der Waals surface area contributed by atoms with E-state index in [1.165, 1.54) is 16.1 Å². The van der Waals surface area contributed by atoms with Gasteiger partial charge in [-0.15, -0.1) is 0 Å². The number of para-hydroxylation sites is 1. The number of piperazine rings is 1. The third-order valence-corrected chi connectivity index (χ3v) is 9.08. The molecule has 0 N–H and O–H groups in total. The fourth-order valence-corrected chi connectivity index (χ4v) is 7.19. The summed E-state index contributed by atoms with van der Waals surface area (Å²) in [4.78, 5) is 16.5. The van der Waals surface area contributed by atoms with Gasteiger partial charge in [-0.25, -0.2) is 18.0 Å². The Morgan fingerprint density at radius 1 is 0.829 bits per heavy atom. The highest BCUT2D eigenvalue weighted by atomic mass is 32.2. The molecule has 4 heterocycles. The van der Waals surface area contributed by atoms with Gasteiger partial charge in [-0.3, -0.25) is 9.97 Å². The average Bonchev–Trinajstić information content (AvgIpc) is 3.38. The molecule has 2 aromatic carbocycles. The zero-order valence-corrected chi connectivity index (χ0v) is 20.0. The number of anilines is 1. The summed E-state index contributed by atoms with van der Waals surface area (Å²) in [5, 5.41) is 8.81. The molecule has 1 aliphatic rings. The van der Waals surface area contributed by atoms with Gasteiger partial charge in [0.1, 0.15) is 16.2 Å². The molecule has 0 radical (unpaired) electrons. The van der Waals surface area contributed by atoms with Crippen molar-refractivity contribution < 1.29 is 13.0 Å². The van der Waals surface area contributed by atoms with Crippen LogP contribution >= 0.6 is 11.8 Å². The second-order valence-corrected chi connectivity index (χ2v) is 10.9. The third kappa shape index (κ3) is 3.99. The van der Waals surface area contributed by atoms with E-state index < -0.39 is 10.0 Å². The molecule has 1 aliphatic heterocycles. The van der Waals surface area contributed by atoms with Crippen LogP contribution < -0.4 is 4.90 Å². The van der Waals surface area contributed by atoms with E-state index in [-0.39, 0.29) is 10.4 Å². The summed E-state index contributed by atoms with van der Waals surface area (Å²) in [5.74, 6) is 0.729. The first-order chi connectivity index (χ1) is 17.1. The summed E-state index contributed by atoms with van der Waals surface area (Å²) in [6, 6.07) is 13.2. The van der Waals surface area contributed by atoms with E-state index >= 15 is 0 Å². The lowest BCUT2D eigenvalue weighted by Crippen LogP contribution is -2.49. The van der Waals surface area contributed by atoms with Gasteiger partial charge in [-0.2, -0.15) is 4.31 Å². The van der Waals surface area contributed by atoms with Crippen molar-refractivity contribution in [2.45, 2.75) is 14.7 Å². The van der Waals surface area contributed by atoms with Gasteiger partial charge in [0.05, 0.1) is 11.7 Å². The topological polar surface area (TPSA) is 118 Å². The number of aromatic nitrogens is 5. The predicted molar refractivity (Wildman–Crippen MR) is 131 cm³/mol. The van der Waals surface area contributed by atoms with E-state index in [0.29, 0.717) is 36.6 Å². The van der Waals surface area contributed by atoms with Crippen LogP contribution in [0, 0.1) is 0 Å². The second-order valence-electron chi connectivity index (χ2n) is 7.91. The largest absolute Gasteiger partial charge is 0.353 e. The molecule has 12 heteroatoms. The minimum Gasteiger partial charge on any atom is -0.353 e. The van der Waals surface area contributed by atoms with Gasteiger partial charge in [0.25, 0.3) is 0 Å². The quantitative estimate of drug-likeness (QED) is 0.352. The zero-order valence-electron chi connectivity index (χ0n) is 18.4. The molecule has 0 aliphatic carbocycles. The van der Waals surface area contributed by atoms with Gasteiger partial charge in [-0.05, 0) is 34.6 Å². The van der Waals surface area contributed by atoms with E-state index in [4.69, 9.17) is 4.63 Å². The average molecular weight is 506 g/mol. The molecule has 1 saturated heterocycles. The second kappa shape index (κ2) is 8.87. The van der Waals surface area contributed by atoms with Gasteiger partial charge in [0, 0.05) is 59.9 Å². The van der Waals surface area contributed by atoms with E-state index in [1.807, 2.05) is 35.2 Å². The van der Waals surface area contributed by atoms with Crippen molar-refractivity contribution in [3.63, 3.8) is 0 Å². The van der Waals surface area contributed by atoms with E-state index in [9.17, 15) is 8.42 Å². The van der Waals surface area contributed by atoms with Crippen molar-refractivity contribution in [2.24, 2.45) is 0 Å². The lowest BCUT2D eigenvalue weighted by molar-refractivity contribution is 0.314. The number of hydrogen-bond donors (Lipinski definition) is 0. The monoisotopic (exact) mass is 505 g/mol. The van der Waals surface area contributed by atoms with E-state index in [1.54, 1.807) is 36.9 Å². The summed E-state index contributed by atoms with van der Waals surface area (Å²) in [6.07, 6.45) is 6.65. The fourth-order valence-electron chi connectivity index (χ4n) is 4.16. The Morgan fingerprint density at radius 2 is 1.69 bits per heavy atom. The number of sulfonamides is 1. The summed E-state index contributed by atoms with van der Waals surface area (Å²) >= 11 is 1.34. The Bertz CT molecular complexity index is 1610. The molecule has 176 valence electrons. The number of pyridine rings is 1. The molecular formula is C23H19N7O3S2. The maximum atomic E-state index is 14.0. The van der Waals surface area contributed by atoms with Crippen molar-refractivity contribution >= 4 is 49.5 Å². The number of hydrogen-bond acceptors (Lipinski definition) is 10. The molecule has 5 aromatic rings. The molecular weight excluding hydrogens is 486 g/mol. The predicted octanol–water partition coefficient (Wildman–Crippen LogP) is 3.22. The Labute approximate surface area is 205 Å². The Morgan fingerprint density at radius 3 is 2.51 bits per heavy atom. The van der Waals surface area contributed by atoms with Gasteiger partial charge in [0.15, 0.2) is 5.52 Å². The Hall–Kier alpha value is -3.61. The van der Waals surface area contributed by atoms with Crippen molar-refractivity contribution in [3.05, 3.63) is 67.3 Å².